The van der Waals surface area contributed by atoms with Crippen molar-refractivity contribution in [1.29, 1.82) is 0 Å². The van der Waals surface area contributed by atoms with Crippen molar-refractivity contribution >= 4 is 22.8 Å². The van der Waals surface area contributed by atoms with E-state index in [1.54, 1.807) is 19.1 Å². The van der Waals surface area contributed by atoms with E-state index in [1.165, 1.54) is 12.1 Å². The lowest BCUT2D eigenvalue weighted by Crippen LogP contribution is -2.26. The van der Waals surface area contributed by atoms with Crippen LogP contribution in [0.1, 0.15) is 79.9 Å². The van der Waals surface area contributed by atoms with Crippen LogP contribution in [-0.4, -0.2) is 16.4 Å². The van der Waals surface area contributed by atoms with Gasteiger partial charge in [0, 0.05) is 29.1 Å². The van der Waals surface area contributed by atoms with Crippen LogP contribution >= 0.6 is 0 Å². The molecule has 1 N–H and O–H groups in total. The minimum absolute atomic E-state index is 0.0290. The van der Waals surface area contributed by atoms with Crippen LogP contribution in [0.15, 0.2) is 79.0 Å². The molecule has 1 heterocycles. The summed E-state index contributed by atoms with van der Waals surface area (Å²) in [6, 6.07) is 20.5. The number of hydrogen-bond acceptors (Lipinski definition) is 3. The predicted molar refractivity (Wildman–Crippen MR) is 150 cm³/mol. The van der Waals surface area contributed by atoms with Gasteiger partial charge in [-0.1, -0.05) is 69.9 Å². The highest BCUT2D eigenvalue weighted by Gasteiger charge is 2.30. The number of hydroxylamine groups is 1. The number of unbranched alkanes of at least 4 members (excludes halogenated alkanes) is 3. The second-order valence-corrected chi connectivity index (χ2v) is 9.82. The third kappa shape index (κ3) is 6.92. The molecule has 8 heteroatoms. The minimum Gasteiger partial charge on any atom is -0.341 e. The van der Waals surface area contributed by atoms with Crippen LogP contribution in [0.3, 0.4) is 0 Å². The van der Waals surface area contributed by atoms with Crippen LogP contribution < -0.4 is 5.48 Å². The highest BCUT2D eigenvalue weighted by Crippen LogP contribution is 2.34. The molecule has 40 heavy (non-hydrogen) atoms. The van der Waals surface area contributed by atoms with Crippen molar-refractivity contribution in [1.82, 2.24) is 10.0 Å². The molecular weight excluding hydrogens is 517 g/mol. The summed E-state index contributed by atoms with van der Waals surface area (Å²) in [5.74, 6) is -1.01. The summed E-state index contributed by atoms with van der Waals surface area (Å²) in [6.45, 7) is 3.82. The zero-order chi connectivity index (χ0) is 28.7. The van der Waals surface area contributed by atoms with Gasteiger partial charge in [0.05, 0.1) is 11.6 Å². The van der Waals surface area contributed by atoms with Gasteiger partial charge in [-0.05, 0) is 65.6 Å². The van der Waals surface area contributed by atoms with Gasteiger partial charge in [0.1, 0.15) is 0 Å². The summed E-state index contributed by atoms with van der Waals surface area (Å²) >= 11 is 0. The van der Waals surface area contributed by atoms with E-state index in [1.807, 2.05) is 42.6 Å². The molecule has 0 aliphatic carbocycles. The summed E-state index contributed by atoms with van der Waals surface area (Å²) in [4.78, 5) is 28.4. The number of carbonyl (C=O) groups is 2. The van der Waals surface area contributed by atoms with E-state index in [-0.39, 0.29) is 12.5 Å². The summed E-state index contributed by atoms with van der Waals surface area (Å²) in [7, 11) is 0. The Labute approximate surface area is 231 Å². The maximum Gasteiger partial charge on any atom is 0.416 e. The molecule has 0 radical (unpaired) electrons. The van der Waals surface area contributed by atoms with Crippen LogP contribution in [0.5, 0.6) is 0 Å². The Morgan fingerprint density at radius 1 is 0.875 bits per heavy atom. The van der Waals surface area contributed by atoms with Crippen LogP contribution in [-0.2, 0) is 15.8 Å². The van der Waals surface area contributed by atoms with E-state index in [9.17, 15) is 22.8 Å². The van der Waals surface area contributed by atoms with Gasteiger partial charge >= 0.3 is 12.1 Å². The number of nitrogens with one attached hydrogen (secondary N) is 1. The number of benzene rings is 3. The minimum atomic E-state index is -4.37. The number of fused-ring (bicyclic) bond motifs is 1. The van der Waals surface area contributed by atoms with Crippen molar-refractivity contribution in [3.05, 3.63) is 95.7 Å². The fraction of sp³-hybridized carbons (Fsp3) is 0.312. The third-order valence-electron chi connectivity index (χ3n) is 7.04. The molecule has 0 bridgehead atoms. The van der Waals surface area contributed by atoms with Gasteiger partial charge in [0.25, 0.3) is 5.91 Å². The number of carbonyl (C=O) groups excluding carboxylic acids is 2. The Bertz CT molecular complexity index is 1440. The largest absolute Gasteiger partial charge is 0.416 e. The topological polar surface area (TPSA) is 60.3 Å². The SMILES string of the molecule is CCCCCCC(c1ccc(C(=O)NOC(=O)CC)cc1)n1ccc2cc(-c3ccc(C(F)(F)F)cc3)ccc21. The van der Waals surface area contributed by atoms with Crippen molar-refractivity contribution in [2.75, 3.05) is 0 Å². The second-order valence-electron chi connectivity index (χ2n) is 9.82. The first-order valence-electron chi connectivity index (χ1n) is 13.6. The molecule has 0 aliphatic rings. The predicted octanol–water partition coefficient (Wildman–Crippen LogP) is 8.48. The van der Waals surface area contributed by atoms with Crippen LogP contribution in [0.4, 0.5) is 13.2 Å². The third-order valence-corrected chi connectivity index (χ3v) is 7.04. The molecule has 0 saturated heterocycles. The lowest BCUT2D eigenvalue weighted by atomic mass is 9.98. The standard InChI is InChI=1S/C32H33F3N2O3/c1-3-5-6-7-8-28(23-9-11-24(12-10-23)31(39)36-40-30(38)4-2)37-20-19-26-21-25(15-18-29(26)37)22-13-16-27(17-14-22)32(33,34)35/h9-21,28H,3-8H2,1-2H3,(H,36,39). The monoisotopic (exact) mass is 550 g/mol. The van der Waals surface area contributed by atoms with Crippen molar-refractivity contribution in [2.24, 2.45) is 0 Å². The molecule has 210 valence electrons. The smallest absolute Gasteiger partial charge is 0.341 e. The summed E-state index contributed by atoms with van der Waals surface area (Å²) < 4.78 is 41.2. The zero-order valence-electron chi connectivity index (χ0n) is 22.6. The molecule has 0 saturated carbocycles. The van der Waals surface area contributed by atoms with E-state index in [4.69, 9.17) is 4.84 Å². The Balaban J connectivity index is 1.60. The highest BCUT2D eigenvalue weighted by atomic mass is 19.4. The number of hydrogen-bond donors (Lipinski definition) is 1. The van der Waals surface area contributed by atoms with Crippen LogP contribution in [0.25, 0.3) is 22.0 Å². The molecular formula is C32H33F3N2O3. The lowest BCUT2D eigenvalue weighted by molar-refractivity contribution is -0.148. The number of halogens is 3. The molecule has 1 amide bonds. The van der Waals surface area contributed by atoms with E-state index < -0.39 is 23.6 Å². The molecule has 3 aromatic carbocycles. The molecule has 1 aromatic heterocycles. The molecule has 5 nitrogen and oxygen atoms in total. The normalized spacial score (nSPS) is 12.3. The Morgan fingerprint density at radius 3 is 2.23 bits per heavy atom. The molecule has 0 fully saturated rings. The Kier molecular flexibility index (Phi) is 9.30. The number of rotatable bonds is 10. The fourth-order valence-electron chi connectivity index (χ4n) is 4.79. The fourth-order valence-corrected chi connectivity index (χ4v) is 4.79. The first-order valence-corrected chi connectivity index (χ1v) is 13.6. The summed E-state index contributed by atoms with van der Waals surface area (Å²) in [5, 5.41) is 0.990. The Morgan fingerprint density at radius 2 is 1.57 bits per heavy atom. The van der Waals surface area contributed by atoms with Gasteiger partial charge in [-0.15, -0.1) is 0 Å². The van der Waals surface area contributed by atoms with E-state index >= 15 is 0 Å². The van der Waals surface area contributed by atoms with Gasteiger partial charge in [0.15, 0.2) is 0 Å². The maximum atomic E-state index is 13.0. The van der Waals surface area contributed by atoms with Crippen molar-refractivity contribution in [3.63, 3.8) is 0 Å². The highest BCUT2D eigenvalue weighted by molar-refractivity contribution is 5.94. The summed E-state index contributed by atoms with van der Waals surface area (Å²) in [6.07, 6.45) is 3.19. The van der Waals surface area contributed by atoms with Gasteiger partial charge in [-0.25, -0.2) is 4.79 Å². The van der Waals surface area contributed by atoms with E-state index in [0.29, 0.717) is 5.56 Å². The van der Waals surface area contributed by atoms with Gasteiger partial charge in [-0.3, -0.25) is 4.79 Å². The molecule has 1 atom stereocenters. The van der Waals surface area contributed by atoms with Gasteiger partial charge < -0.3 is 9.40 Å². The summed E-state index contributed by atoms with van der Waals surface area (Å²) in [5.41, 5.74) is 5.52. The number of nitrogens with zero attached hydrogens (tertiary/aromatic N) is 1. The maximum absolute atomic E-state index is 13.0. The second kappa shape index (κ2) is 12.9. The number of aromatic nitrogens is 1. The number of alkyl halides is 3. The van der Waals surface area contributed by atoms with Crippen molar-refractivity contribution in [3.8, 4) is 11.1 Å². The van der Waals surface area contributed by atoms with E-state index in [2.05, 4.69) is 17.0 Å². The molecule has 4 rings (SSSR count). The average Bonchev–Trinajstić information content (AvgIpc) is 3.38. The molecule has 4 aromatic rings. The van der Waals surface area contributed by atoms with Crippen molar-refractivity contribution < 1.29 is 27.6 Å². The zero-order valence-corrected chi connectivity index (χ0v) is 22.6. The van der Waals surface area contributed by atoms with E-state index in [0.717, 1.165) is 71.8 Å². The first-order chi connectivity index (χ1) is 19.2. The molecule has 0 aliphatic heterocycles. The quantitative estimate of drug-likeness (QED) is 0.159. The molecule has 0 spiro atoms. The van der Waals surface area contributed by atoms with Crippen LogP contribution in [0, 0.1) is 0 Å². The van der Waals surface area contributed by atoms with Gasteiger partial charge in [0.2, 0.25) is 0 Å². The first kappa shape index (κ1) is 28.9. The van der Waals surface area contributed by atoms with Gasteiger partial charge in [-0.2, -0.15) is 18.7 Å². The molecule has 1 unspecified atom stereocenters. The Hall–Kier alpha value is -4.07. The lowest BCUT2D eigenvalue weighted by Gasteiger charge is -2.21. The van der Waals surface area contributed by atoms with Crippen LogP contribution in [0.2, 0.25) is 0 Å². The average molecular weight is 551 g/mol. The van der Waals surface area contributed by atoms with Crippen molar-refractivity contribution in [2.45, 2.75) is 64.6 Å². The number of amides is 1.